The zero-order valence-corrected chi connectivity index (χ0v) is 12.4. The summed E-state index contributed by atoms with van der Waals surface area (Å²) in [4.78, 5) is 10.9. The molecule has 0 radical (unpaired) electrons. The molecule has 1 N–H and O–H groups in total. The topological polar surface area (TPSA) is 80.9 Å². The zero-order valence-electron chi connectivity index (χ0n) is 12.4. The fourth-order valence-electron chi connectivity index (χ4n) is 1.82. The van der Waals surface area contributed by atoms with E-state index in [0.717, 1.165) is 12.2 Å². The first-order valence-corrected chi connectivity index (χ1v) is 6.74. The molecule has 0 amide bonds. The number of carboxylic acid groups (broad SMARTS) is 1. The van der Waals surface area contributed by atoms with E-state index in [-0.39, 0.29) is 17.9 Å². The van der Waals surface area contributed by atoms with Crippen LogP contribution in [0.15, 0.2) is 0 Å². The van der Waals surface area contributed by atoms with E-state index in [1.807, 2.05) is 6.92 Å². The van der Waals surface area contributed by atoms with Gasteiger partial charge in [0.05, 0.1) is 12.5 Å². The van der Waals surface area contributed by atoms with E-state index < -0.39 is 5.97 Å². The highest BCUT2D eigenvalue weighted by molar-refractivity contribution is 5.67. The molecule has 6 nitrogen and oxygen atoms in total. The highest BCUT2D eigenvalue weighted by atomic mass is 16.4. The van der Waals surface area contributed by atoms with Crippen molar-refractivity contribution >= 4 is 5.97 Å². The second kappa shape index (κ2) is 6.12. The lowest BCUT2D eigenvalue weighted by molar-refractivity contribution is -0.138. The van der Waals surface area contributed by atoms with Crippen LogP contribution in [-0.2, 0) is 11.2 Å². The van der Waals surface area contributed by atoms with Crippen molar-refractivity contribution in [2.45, 2.75) is 59.9 Å². The van der Waals surface area contributed by atoms with E-state index in [2.05, 4.69) is 43.2 Å². The van der Waals surface area contributed by atoms with Crippen molar-refractivity contribution in [3.63, 3.8) is 0 Å². The number of hydrogen-bond acceptors (Lipinski definition) is 4. The Kier molecular flexibility index (Phi) is 5.03. The maximum Gasteiger partial charge on any atom is 0.305 e. The SMILES string of the molecule is CCC(CC(=O)O)n1nnnc1CC(C)C(C)(C)C. The van der Waals surface area contributed by atoms with Gasteiger partial charge in [-0.15, -0.1) is 5.10 Å². The first-order chi connectivity index (χ1) is 8.75. The number of aliphatic carboxylic acids is 1. The van der Waals surface area contributed by atoms with E-state index in [4.69, 9.17) is 5.11 Å². The molecule has 0 fully saturated rings. The van der Waals surface area contributed by atoms with Crippen LogP contribution in [-0.4, -0.2) is 31.3 Å². The van der Waals surface area contributed by atoms with Gasteiger partial charge in [0.1, 0.15) is 0 Å². The van der Waals surface area contributed by atoms with Crippen LogP contribution < -0.4 is 0 Å². The van der Waals surface area contributed by atoms with Crippen LogP contribution in [0.2, 0.25) is 0 Å². The third kappa shape index (κ3) is 4.29. The molecule has 0 aliphatic heterocycles. The Morgan fingerprint density at radius 2 is 2.05 bits per heavy atom. The van der Waals surface area contributed by atoms with Gasteiger partial charge in [0.2, 0.25) is 0 Å². The summed E-state index contributed by atoms with van der Waals surface area (Å²) in [6.07, 6.45) is 1.51. The molecule has 0 bridgehead atoms. The van der Waals surface area contributed by atoms with Crippen molar-refractivity contribution in [1.82, 2.24) is 20.2 Å². The average Bonchev–Trinajstić information content (AvgIpc) is 2.72. The van der Waals surface area contributed by atoms with Gasteiger partial charge >= 0.3 is 5.97 Å². The normalized spacial score (nSPS) is 15.2. The van der Waals surface area contributed by atoms with Crippen molar-refractivity contribution in [1.29, 1.82) is 0 Å². The van der Waals surface area contributed by atoms with Crippen molar-refractivity contribution in [3.8, 4) is 0 Å². The second-order valence-electron chi connectivity index (χ2n) is 6.17. The highest BCUT2D eigenvalue weighted by Crippen LogP contribution is 2.28. The summed E-state index contributed by atoms with van der Waals surface area (Å²) in [6.45, 7) is 10.7. The van der Waals surface area contributed by atoms with Crippen LogP contribution >= 0.6 is 0 Å². The fraction of sp³-hybridized carbons (Fsp3) is 0.846. The number of carbonyl (C=O) groups is 1. The summed E-state index contributed by atoms with van der Waals surface area (Å²) in [6, 6.07) is -0.172. The lowest BCUT2D eigenvalue weighted by Gasteiger charge is -2.27. The molecule has 1 rings (SSSR count). The molecule has 0 saturated carbocycles. The summed E-state index contributed by atoms with van der Waals surface area (Å²) in [5, 5.41) is 20.7. The molecular formula is C13H24N4O2. The molecule has 0 aliphatic carbocycles. The minimum absolute atomic E-state index is 0.0540. The Labute approximate surface area is 114 Å². The van der Waals surface area contributed by atoms with Gasteiger partial charge in [-0.1, -0.05) is 34.6 Å². The monoisotopic (exact) mass is 268 g/mol. The Balaban J connectivity index is 2.87. The standard InChI is InChI=1S/C13H24N4O2/c1-6-10(8-12(18)19)17-11(14-15-16-17)7-9(2)13(3,4)5/h9-10H,6-8H2,1-5H3,(H,18,19). The molecule has 6 heteroatoms. The molecule has 0 spiro atoms. The van der Waals surface area contributed by atoms with Crippen molar-refractivity contribution in [2.75, 3.05) is 0 Å². The van der Waals surface area contributed by atoms with E-state index in [1.165, 1.54) is 0 Å². The second-order valence-corrected chi connectivity index (χ2v) is 6.17. The van der Waals surface area contributed by atoms with Gasteiger partial charge in [-0.05, 0) is 28.2 Å². The first kappa shape index (κ1) is 15.6. The minimum atomic E-state index is -0.822. The smallest absolute Gasteiger partial charge is 0.305 e. The van der Waals surface area contributed by atoms with Gasteiger partial charge in [0, 0.05) is 6.42 Å². The largest absolute Gasteiger partial charge is 0.481 e. The number of aromatic nitrogens is 4. The predicted octanol–water partition coefficient (Wildman–Crippen LogP) is 2.32. The third-order valence-corrected chi connectivity index (χ3v) is 3.76. The van der Waals surface area contributed by atoms with Crippen LogP contribution in [0.4, 0.5) is 0 Å². The molecule has 2 unspecified atom stereocenters. The average molecular weight is 268 g/mol. The van der Waals surface area contributed by atoms with E-state index >= 15 is 0 Å². The lowest BCUT2D eigenvalue weighted by Crippen LogP contribution is -2.23. The van der Waals surface area contributed by atoms with E-state index in [1.54, 1.807) is 4.68 Å². The maximum atomic E-state index is 10.9. The van der Waals surface area contributed by atoms with Crippen molar-refractivity contribution in [3.05, 3.63) is 5.82 Å². The molecule has 1 aromatic heterocycles. The van der Waals surface area contributed by atoms with Gasteiger partial charge in [-0.3, -0.25) is 4.79 Å². The summed E-state index contributed by atoms with van der Waals surface area (Å²) in [7, 11) is 0. The molecule has 2 atom stereocenters. The van der Waals surface area contributed by atoms with E-state index in [0.29, 0.717) is 12.3 Å². The highest BCUT2D eigenvalue weighted by Gasteiger charge is 2.25. The number of carboxylic acids is 1. The molecule has 0 aromatic carbocycles. The summed E-state index contributed by atoms with van der Waals surface area (Å²) >= 11 is 0. The molecular weight excluding hydrogens is 244 g/mol. The number of tetrazole rings is 1. The van der Waals surface area contributed by atoms with Crippen LogP contribution in [0, 0.1) is 11.3 Å². The quantitative estimate of drug-likeness (QED) is 0.856. The summed E-state index contributed by atoms with van der Waals surface area (Å²) in [5.74, 6) is 0.368. The van der Waals surface area contributed by atoms with Crippen LogP contribution in [0.1, 0.15) is 59.3 Å². The fourth-order valence-corrected chi connectivity index (χ4v) is 1.82. The van der Waals surface area contributed by atoms with Crippen LogP contribution in [0.5, 0.6) is 0 Å². The molecule has 108 valence electrons. The summed E-state index contributed by atoms with van der Waals surface area (Å²) < 4.78 is 1.68. The van der Waals surface area contributed by atoms with Gasteiger partial charge in [0.25, 0.3) is 0 Å². The van der Waals surface area contributed by atoms with Crippen molar-refractivity contribution < 1.29 is 9.90 Å². The first-order valence-electron chi connectivity index (χ1n) is 6.74. The Hall–Kier alpha value is -1.46. The third-order valence-electron chi connectivity index (χ3n) is 3.76. The number of nitrogens with zero attached hydrogens (tertiary/aromatic N) is 4. The maximum absolute atomic E-state index is 10.9. The molecule has 1 heterocycles. The van der Waals surface area contributed by atoms with Gasteiger partial charge in [0.15, 0.2) is 5.82 Å². The molecule has 0 saturated heterocycles. The van der Waals surface area contributed by atoms with Gasteiger partial charge in [-0.2, -0.15) is 0 Å². The Morgan fingerprint density at radius 1 is 1.42 bits per heavy atom. The summed E-state index contributed by atoms with van der Waals surface area (Å²) in [5.41, 5.74) is 0.172. The minimum Gasteiger partial charge on any atom is -0.481 e. The number of hydrogen-bond donors (Lipinski definition) is 1. The Bertz CT molecular complexity index is 423. The van der Waals surface area contributed by atoms with E-state index in [9.17, 15) is 4.79 Å². The zero-order chi connectivity index (χ0) is 14.6. The molecule has 19 heavy (non-hydrogen) atoms. The number of rotatable bonds is 6. The van der Waals surface area contributed by atoms with Crippen LogP contribution in [0.25, 0.3) is 0 Å². The Morgan fingerprint density at radius 3 is 2.53 bits per heavy atom. The van der Waals surface area contributed by atoms with Gasteiger partial charge in [-0.25, -0.2) is 4.68 Å². The lowest BCUT2D eigenvalue weighted by atomic mass is 9.80. The van der Waals surface area contributed by atoms with Crippen molar-refractivity contribution in [2.24, 2.45) is 11.3 Å². The van der Waals surface area contributed by atoms with Gasteiger partial charge < -0.3 is 5.11 Å². The molecule has 1 aromatic rings. The molecule has 0 aliphatic rings. The predicted molar refractivity (Wildman–Crippen MR) is 71.7 cm³/mol. The van der Waals surface area contributed by atoms with Crippen LogP contribution in [0.3, 0.4) is 0 Å².